The van der Waals surface area contributed by atoms with Gasteiger partial charge in [-0.3, -0.25) is 9.69 Å². The van der Waals surface area contributed by atoms with E-state index >= 15 is 0 Å². The van der Waals surface area contributed by atoms with Crippen LogP contribution >= 0.6 is 11.3 Å². The van der Waals surface area contributed by atoms with Gasteiger partial charge in [0.2, 0.25) is 0 Å². The van der Waals surface area contributed by atoms with Gasteiger partial charge in [0.15, 0.2) is 0 Å². The molecule has 156 valence electrons. The van der Waals surface area contributed by atoms with Gasteiger partial charge in [0.1, 0.15) is 16.2 Å². The van der Waals surface area contributed by atoms with Gasteiger partial charge < -0.3 is 9.32 Å². The normalized spacial score (nSPS) is 14.8. The SMILES string of the molecule is O=C(c1cc2ccccc2oc1=O)N1CCN(Cc2nc(-c3ccccc3)cs2)CC1. The Labute approximate surface area is 183 Å². The van der Waals surface area contributed by atoms with Crippen LogP contribution in [0.3, 0.4) is 0 Å². The summed E-state index contributed by atoms with van der Waals surface area (Å²) >= 11 is 1.66. The summed E-state index contributed by atoms with van der Waals surface area (Å²) in [4.78, 5) is 34.0. The number of amides is 1. The maximum atomic E-state index is 12.9. The van der Waals surface area contributed by atoms with Crippen LogP contribution < -0.4 is 5.63 Å². The molecule has 0 spiro atoms. The summed E-state index contributed by atoms with van der Waals surface area (Å²) in [5.74, 6) is -0.264. The molecule has 2 aromatic carbocycles. The zero-order chi connectivity index (χ0) is 21.2. The molecule has 1 amide bonds. The van der Waals surface area contributed by atoms with Crippen molar-refractivity contribution >= 4 is 28.2 Å². The maximum Gasteiger partial charge on any atom is 0.349 e. The second kappa shape index (κ2) is 8.45. The topological polar surface area (TPSA) is 66.7 Å². The lowest BCUT2D eigenvalue weighted by Gasteiger charge is -2.34. The van der Waals surface area contributed by atoms with Crippen LogP contribution in [0.2, 0.25) is 0 Å². The summed E-state index contributed by atoms with van der Waals surface area (Å²) in [5.41, 5.74) is 2.13. The second-order valence-electron chi connectivity index (χ2n) is 7.55. The number of fused-ring (bicyclic) bond motifs is 1. The number of thiazole rings is 1. The number of hydrogen-bond acceptors (Lipinski definition) is 6. The lowest BCUT2D eigenvalue weighted by Crippen LogP contribution is -2.49. The number of hydrogen-bond donors (Lipinski definition) is 0. The largest absolute Gasteiger partial charge is 0.422 e. The fraction of sp³-hybridized carbons (Fsp3) is 0.208. The van der Waals surface area contributed by atoms with Crippen molar-refractivity contribution in [1.82, 2.24) is 14.8 Å². The molecule has 0 saturated carbocycles. The molecular weight excluding hydrogens is 410 g/mol. The van der Waals surface area contributed by atoms with Crippen molar-refractivity contribution in [3.63, 3.8) is 0 Å². The van der Waals surface area contributed by atoms with Crippen molar-refractivity contribution in [3.05, 3.63) is 87.0 Å². The molecule has 3 heterocycles. The van der Waals surface area contributed by atoms with Crippen LogP contribution in [0, 0.1) is 0 Å². The van der Waals surface area contributed by atoms with Gasteiger partial charge in [-0.2, -0.15) is 0 Å². The molecule has 6 nitrogen and oxygen atoms in total. The minimum Gasteiger partial charge on any atom is -0.422 e. The summed E-state index contributed by atoms with van der Waals surface area (Å²) in [6.45, 7) is 3.39. The molecule has 0 bridgehead atoms. The van der Waals surface area contributed by atoms with Gasteiger partial charge in [-0.05, 0) is 12.1 Å². The minimum absolute atomic E-state index is 0.0968. The first kappa shape index (κ1) is 19.7. The van der Waals surface area contributed by atoms with Crippen LogP contribution in [-0.2, 0) is 6.54 Å². The molecule has 1 aliphatic heterocycles. The molecule has 0 atom stereocenters. The van der Waals surface area contributed by atoms with Gasteiger partial charge in [0.25, 0.3) is 5.91 Å². The summed E-state index contributed by atoms with van der Waals surface area (Å²) in [7, 11) is 0. The van der Waals surface area contributed by atoms with Crippen LogP contribution in [0.15, 0.2) is 75.3 Å². The molecule has 7 heteroatoms. The van der Waals surface area contributed by atoms with E-state index in [0.717, 1.165) is 41.3 Å². The van der Waals surface area contributed by atoms with Crippen LogP contribution in [0.5, 0.6) is 0 Å². The average molecular weight is 432 g/mol. The molecule has 1 aliphatic rings. The molecule has 5 rings (SSSR count). The van der Waals surface area contributed by atoms with Crippen LogP contribution in [0.25, 0.3) is 22.2 Å². The quantitative estimate of drug-likeness (QED) is 0.459. The Balaban J connectivity index is 1.23. The number of aromatic nitrogens is 1. The fourth-order valence-electron chi connectivity index (χ4n) is 3.81. The van der Waals surface area contributed by atoms with E-state index in [1.54, 1.807) is 34.4 Å². The third-order valence-corrected chi connectivity index (χ3v) is 6.35. The third kappa shape index (κ3) is 4.15. The Morgan fingerprint density at radius 1 is 1.00 bits per heavy atom. The summed E-state index contributed by atoms with van der Waals surface area (Å²) in [6, 6.07) is 19.0. The highest BCUT2D eigenvalue weighted by molar-refractivity contribution is 7.09. The van der Waals surface area contributed by atoms with Gasteiger partial charge in [0, 0.05) is 42.5 Å². The van der Waals surface area contributed by atoms with E-state index in [2.05, 4.69) is 22.4 Å². The number of para-hydroxylation sites is 1. The molecule has 0 unspecified atom stereocenters. The number of nitrogens with zero attached hydrogens (tertiary/aromatic N) is 3. The van der Waals surface area contributed by atoms with E-state index < -0.39 is 5.63 Å². The molecule has 0 N–H and O–H groups in total. The van der Waals surface area contributed by atoms with Gasteiger partial charge in [-0.1, -0.05) is 48.5 Å². The van der Waals surface area contributed by atoms with E-state index in [4.69, 9.17) is 9.40 Å². The molecule has 31 heavy (non-hydrogen) atoms. The first-order valence-corrected chi connectivity index (χ1v) is 11.1. The smallest absolute Gasteiger partial charge is 0.349 e. The van der Waals surface area contributed by atoms with E-state index in [9.17, 15) is 9.59 Å². The van der Waals surface area contributed by atoms with Crippen molar-refractivity contribution in [2.75, 3.05) is 26.2 Å². The third-order valence-electron chi connectivity index (χ3n) is 5.51. The summed E-state index contributed by atoms with van der Waals surface area (Å²) in [5, 5.41) is 3.90. The van der Waals surface area contributed by atoms with Crippen molar-refractivity contribution in [2.45, 2.75) is 6.54 Å². The fourth-order valence-corrected chi connectivity index (χ4v) is 4.65. The molecular formula is C24H21N3O3S. The molecule has 4 aromatic rings. The second-order valence-corrected chi connectivity index (χ2v) is 8.49. The maximum absolute atomic E-state index is 12.9. The van der Waals surface area contributed by atoms with Gasteiger partial charge in [-0.25, -0.2) is 9.78 Å². The lowest BCUT2D eigenvalue weighted by molar-refractivity contribution is 0.0624. The number of benzene rings is 2. The van der Waals surface area contributed by atoms with E-state index in [1.807, 2.05) is 30.3 Å². The number of carbonyl (C=O) groups excluding carboxylic acids is 1. The predicted molar refractivity (Wildman–Crippen MR) is 121 cm³/mol. The predicted octanol–water partition coefficient (Wildman–Crippen LogP) is 3.87. The summed E-state index contributed by atoms with van der Waals surface area (Å²) < 4.78 is 5.32. The van der Waals surface area contributed by atoms with Crippen LogP contribution in [0.4, 0.5) is 0 Å². The summed E-state index contributed by atoms with van der Waals surface area (Å²) in [6.07, 6.45) is 0. The van der Waals surface area contributed by atoms with Crippen molar-refractivity contribution in [3.8, 4) is 11.3 Å². The van der Waals surface area contributed by atoms with Gasteiger partial charge in [-0.15, -0.1) is 11.3 Å². The first-order chi connectivity index (χ1) is 15.2. The number of piperazine rings is 1. The highest BCUT2D eigenvalue weighted by Crippen LogP contribution is 2.23. The number of carbonyl (C=O) groups is 1. The van der Waals surface area contributed by atoms with Crippen molar-refractivity contribution < 1.29 is 9.21 Å². The highest BCUT2D eigenvalue weighted by atomic mass is 32.1. The van der Waals surface area contributed by atoms with E-state index in [-0.39, 0.29) is 11.5 Å². The number of rotatable bonds is 4. The zero-order valence-corrected chi connectivity index (χ0v) is 17.7. The Bertz CT molecular complexity index is 1270. The lowest BCUT2D eigenvalue weighted by atomic mass is 10.1. The first-order valence-electron chi connectivity index (χ1n) is 10.2. The zero-order valence-electron chi connectivity index (χ0n) is 16.9. The monoisotopic (exact) mass is 431 g/mol. The Morgan fingerprint density at radius 3 is 2.55 bits per heavy atom. The van der Waals surface area contributed by atoms with Crippen LogP contribution in [0.1, 0.15) is 15.4 Å². The Kier molecular flexibility index (Phi) is 5.36. The molecule has 0 aliphatic carbocycles. The van der Waals surface area contributed by atoms with E-state index in [1.165, 1.54) is 0 Å². The van der Waals surface area contributed by atoms with Gasteiger partial charge >= 0.3 is 5.63 Å². The molecule has 1 saturated heterocycles. The molecule has 2 aromatic heterocycles. The standard InChI is InChI=1S/C24H21N3O3S/c28-23(19-14-18-8-4-5-9-21(18)30-24(19)29)27-12-10-26(11-13-27)15-22-25-20(16-31-22)17-6-2-1-3-7-17/h1-9,14,16H,10-13,15H2. The van der Waals surface area contributed by atoms with Crippen LogP contribution in [-0.4, -0.2) is 46.9 Å². The van der Waals surface area contributed by atoms with Gasteiger partial charge in [0.05, 0.1) is 12.2 Å². The molecule has 0 radical (unpaired) electrons. The van der Waals surface area contributed by atoms with Crippen molar-refractivity contribution in [2.24, 2.45) is 0 Å². The highest BCUT2D eigenvalue weighted by Gasteiger charge is 2.25. The Hall–Kier alpha value is -3.29. The van der Waals surface area contributed by atoms with E-state index in [0.29, 0.717) is 18.7 Å². The molecule has 1 fully saturated rings. The Morgan fingerprint density at radius 2 is 1.74 bits per heavy atom. The minimum atomic E-state index is -0.581. The average Bonchev–Trinajstić information content (AvgIpc) is 3.28. The van der Waals surface area contributed by atoms with Crippen molar-refractivity contribution in [1.29, 1.82) is 0 Å².